The van der Waals surface area contributed by atoms with Crippen LogP contribution in [0.3, 0.4) is 0 Å². The molecule has 8 nitrogen and oxygen atoms in total. The van der Waals surface area contributed by atoms with E-state index < -0.39 is 0 Å². The third-order valence-electron chi connectivity index (χ3n) is 6.90. The second-order valence-corrected chi connectivity index (χ2v) is 9.54. The fourth-order valence-corrected chi connectivity index (χ4v) is 4.80. The number of aromatic hydroxyl groups is 1. The van der Waals surface area contributed by atoms with Crippen LogP contribution in [0.5, 0.6) is 5.75 Å². The van der Waals surface area contributed by atoms with E-state index in [0.29, 0.717) is 31.9 Å². The number of halogens is 1. The number of hydrogen-bond acceptors (Lipinski definition) is 5. The monoisotopic (exact) mass is 534 g/mol. The van der Waals surface area contributed by atoms with E-state index in [-0.39, 0.29) is 17.6 Å². The van der Waals surface area contributed by atoms with Crippen molar-refractivity contribution < 1.29 is 14.3 Å². The van der Waals surface area contributed by atoms with Crippen molar-refractivity contribution >= 4 is 17.5 Å². The lowest BCUT2D eigenvalue weighted by Gasteiger charge is -2.35. The Bertz CT molecular complexity index is 1630. The van der Waals surface area contributed by atoms with Crippen LogP contribution in [0.4, 0.5) is 20.7 Å². The molecule has 1 saturated heterocycles. The molecule has 2 aromatic heterocycles. The predicted octanol–water partition coefficient (Wildman–Crippen LogP) is 5.80. The van der Waals surface area contributed by atoms with Crippen LogP contribution in [0, 0.1) is 5.82 Å². The highest BCUT2D eigenvalue weighted by Crippen LogP contribution is 2.34. The highest BCUT2D eigenvalue weighted by molar-refractivity contribution is 5.89. The summed E-state index contributed by atoms with van der Waals surface area (Å²) < 4.78 is 15.0. The first-order valence-corrected chi connectivity index (χ1v) is 13.0. The molecule has 5 aromatic rings. The number of hydrogen-bond donors (Lipinski definition) is 2. The number of amides is 2. The van der Waals surface area contributed by atoms with Crippen molar-refractivity contribution in [1.82, 2.24) is 19.7 Å². The molecule has 0 radical (unpaired) electrons. The Morgan fingerprint density at radius 3 is 2.38 bits per heavy atom. The number of rotatable bonds is 5. The number of piperazine rings is 1. The normalized spacial score (nSPS) is 13.3. The number of urea groups is 1. The summed E-state index contributed by atoms with van der Waals surface area (Å²) in [4.78, 5) is 21.2. The van der Waals surface area contributed by atoms with E-state index in [1.807, 2.05) is 59.4 Å². The summed E-state index contributed by atoms with van der Waals surface area (Å²) in [6, 6.07) is 26.5. The fraction of sp³-hybridized carbons (Fsp3) is 0.129. The van der Waals surface area contributed by atoms with Gasteiger partial charge in [0, 0.05) is 55.4 Å². The maximum absolute atomic E-state index is 13.2. The average molecular weight is 535 g/mol. The number of carbonyl (C=O) groups is 1. The van der Waals surface area contributed by atoms with Crippen LogP contribution in [0.2, 0.25) is 0 Å². The van der Waals surface area contributed by atoms with Crippen molar-refractivity contribution in [3.63, 3.8) is 0 Å². The second kappa shape index (κ2) is 10.9. The number of aromatic nitrogens is 3. The van der Waals surface area contributed by atoms with Gasteiger partial charge >= 0.3 is 6.03 Å². The van der Waals surface area contributed by atoms with Gasteiger partial charge in [-0.1, -0.05) is 30.3 Å². The zero-order valence-electron chi connectivity index (χ0n) is 21.6. The molecule has 3 aromatic carbocycles. The number of benzene rings is 3. The van der Waals surface area contributed by atoms with Crippen molar-refractivity contribution in [3.05, 3.63) is 109 Å². The lowest BCUT2D eigenvalue weighted by Crippen LogP contribution is -2.50. The highest BCUT2D eigenvalue weighted by Gasteiger charge is 2.23. The number of carbonyl (C=O) groups excluding carboxylic acids is 1. The Labute approximate surface area is 230 Å². The van der Waals surface area contributed by atoms with Crippen LogP contribution in [0.1, 0.15) is 0 Å². The largest absolute Gasteiger partial charge is 0.508 e. The minimum absolute atomic E-state index is 0.175. The molecular weight excluding hydrogens is 507 g/mol. The number of para-hydroxylation sites is 1. The van der Waals surface area contributed by atoms with Gasteiger partial charge in [-0.05, 0) is 66.2 Å². The SMILES string of the molecule is O=C(Nc1ccc(F)cc1)N1CCN(c2cc(-c3cn(-c4ccccc4)nc3-c3cccc(O)c3)ccn2)CC1. The quantitative estimate of drug-likeness (QED) is 0.298. The van der Waals surface area contributed by atoms with Gasteiger partial charge in [0.2, 0.25) is 0 Å². The lowest BCUT2D eigenvalue weighted by molar-refractivity contribution is 0.208. The van der Waals surface area contributed by atoms with Crippen LogP contribution < -0.4 is 10.2 Å². The summed E-state index contributed by atoms with van der Waals surface area (Å²) in [5.41, 5.74) is 4.90. The van der Waals surface area contributed by atoms with Crippen molar-refractivity contribution in [3.8, 4) is 33.8 Å². The summed E-state index contributed by atoms with van der Waals surface area (Å²) in [5.74, 6) is 0.641. The molecule has 3 heterocycles. The zero-order chi connectivity index (χ0) is 27.5. The van der Waals surface area contributed by atoms with Gasteiger partial charge in [-0.15, -0.1) is 0 Å². The molecule has 0 aliphatic carbocycles. The minimum Gasteiger partial charge on any atom is -0.508 e. The third-order valence-corrected chi connectivity index (χ3v) is 6.90. The van der Waals surface area contributed by atoms with Gasteiger partial charge in [0.05, 0.1) is 5.69 Å². The van der Waals surface area contributed by atoms with Crippen LogP contribution in [0.25, 0.3) is 28.1 Å². The van der Waals surface area contributed by atoms with E-state index in [4.69, 9.17) is 5.10 Å². The predicted molar refractivity (Wildman–Crippen MR) is 153 cm³/mol. The second-order valence-electron chi connectivity index (χ2n) is 9.54. The van der Waals surface area contributed by atoms with Gasteiger partial charge < -0.3 is 20.2 Å². The van der Waals surface area contributed by atoms with Gasteiger partial charge in [0.15, 0.2) is 0 Å². The number of phenolic OH excluding ortho intramolecular Hbond substituents is 1. The van der Waals surface area contributed by atoms with E-state index in [9.17, 15) is 14.3 Å². The molecule has 0 atom stereocenters. The Morgan fingerprint density at radius 2 is 1.62 bits per heavy atom. The van der Waals surface area contributed by atoms with Crippen molar-refractivity contribution in [2.24, 2.45) is 0 Å². The van der Waals surface area contributed by atoms with E-state index >= 15 is 0 Å². The first kappa shape index (κ1) is 25.1. The minimum atomic E-state index is -0.345. The standard InChI is InChI=1S/C31H27FN6O2/c32-24-9-11-25(12-10-24)34-31(40)37-17-15-36(16-18-37)29-20-22(13-14-33-29)28-21-38(26-6-2-1-3-7-26)35-30(28)23-5-4-8-27(39)19-23/h1-14,19-21,39H,15-18H2,(H,34,40). The van der Waals surface area contributed by atoms with Gasteiger partial charge in [0.1, 0.15) is 23.1 Å². The molecule has 6 rings (SSSR count). The molecule has 0 spiro atoms. The lowest BCUT2D eigenvalue weighted by atomic mass is 10.0. The Kier molecular flexibility index (Phi) is 6.84. The molecule has 9 heteroatoms. The number of nitrogens with zero attached hydrogens (tertiary/aromatic N) is 5. The third kappa shape index (κ3) is 5.35. The average Bonchev–Trinajstić information content (AvgIpc) is 3.45. The molecule has 1 fully saturated rings. The van der Waals surface area contributed by atoms with Crippen LogP contribution in [-0.4, -0.2) is 57.0 Å². The van der Waals surface area contributed by atoms with Crippen LogP contribution in [0.15, 0.2) is 103 Å². The van der Waals surface area contributed by atoms with Crippen molar-refractivity contribution in [2.75, 3.05) is 36.4 Å². The zero-order valence-corrected chi connectivity index (χ0v) is 21.6. The molecule has 0 bridgehead atoms. The van der Waals surface area contributed by atoms with Crippen LogP contribution in [-0.2, 0) is 0 Å². The van der Waals surface area contributed by atoms with E-state index in [2.05, 4.69) is 15.2 Å². The number of phenols is 1. The molecule has 200 valence electrons. The first-order chi connectivity index (χ1) is 19.5. The van der Waals surface area contributed by atoms with E-state index in [0.717, 1.165) is 33.9 Å². The van der Waals surface area contributed by atoms with E-state index in [1.54, 1.807) is 41.4 Å². The van der Waals surface area contributed by atoms with Gasteiger partial charge in [-0.2, -0.15) is 5.10 Å². The van der Waals surface area contributed by atoms with Gasteiger partial charge in [-0.3, -0.25) is 0 Å². The smallest absolute Gasteiger partial charge is 0.321 e. The molecule has 0 saturated carbocycles. The van der Waals surface area contributed by atoms with Crippen LogP contribution >= 0.6 is 0 Å². The first-order valence-electron chi connectivity index (χ1n) is 13.0. The summed E-state index contributed by atoms with van der Waals surface area (Å²) in [5, 5.41) is 17.8. The Morgan fingerprint density at radius 1 is 0.850 bits per heavy atom. The number of pyridine rings is 1. The topological polar surface area (TPSA) is 86.5 Å². The summed E-state index contributed by atoms with van der Waals surface area (Å²) in [7, 11) is 0. The number of nitrogens with one attached hydrogen (secondary N) is 1. The summed E-state index contributed by atoms with van der Waals surface area (Å²) >= 11 is 0. The summed E-state index contributed by atoms with van der Waals surface area (Å²) in [6.45, 7) is 2.30. The van der Waals surface area contributed by atoms with Gasteiger partial charge in [-0.25, -0.2) is 18.9 Å². The maximum Gasteiger partial charge on any atom is 0.321 e. The van der Waals surface area contributed by atoms with E-state index in [1.165, 1.54) is 12.1 Å². The molecule has 0 unspecified atom stereocenters. The molecule has 2 N–H and O–H groups in total. The molecular formula is C31H27FN6O2. The van der Waals surface area contributed by atoms with Crippen molar-refractivity contribution in [1.29, 1.82) is 0 Å². The molecule has 1 aliphatic heterocycles. The molecule has 2 amide bonds. The molecule has 40 heavy (non-hydrogen) atoms. The maximum atomic E-state index is 13.2. The fourth-order valence-electron chi connectivity index (χ4n) is 4.80. The van der Waals surface area contributed by atoms with Gasteiger partial charge in [0.25, 0.3) is 0 Å². The molecule has 1 aliphatic rings. The summed E-state index contributed by atoms with van der Waals surface area (Å²) in [6.07, 6.45) is 3.77. The Hall–Kier alpha value is -5.18. The van der Waals surface area contributed by atoms with Crippen molar-refractivity contribution in [2.45, 2.75) is 0 Å². The number of anilines is 2. The highest BCUT2D eigenvalue weighted by atomic mass is 19.1. The Balaban J connectivity index is 1.23.